The van der Waals surface area contributed by atoms with Crippen molar-refractivity contribution in [2.24, 2.45) is 0 Å². The largest absolute Gasteiger partial charge is 0.375 e. The Bertz CT molecular complexity index is 878. The highest BCUT2D eigenvalue weighted by Crippen LogP contribution is 2.28. The van der Waals surface area contributed by atoms with E-state index in [1.54, 1.807) is 0 Å². The second-order valence-electron chi connectivity index (χ2n) is 6.73. The van der Waals surface area contributed by atoms with Crippen LogP contribution in [0.4, 0.5) is 9.66 Å². The number of rotatable bonds is 7. The van der Waals surface area contributed by atoms with Gasteiger partial charge in [-0.25, -0.2) is 9.97 Å². The van der Waals surface area contributed by atoms with E-state index in [0.717, 1.165) is 29.1 Å². The van der Waals surface area contributed by atoms with Crippen LogP contribution in [0.25, 0.3) is 0 Å². The highest BCUT2D eigenvalue weighted by molar-refractivity contribution is 7.15. The fourth-order valence-electron chi connectivity index (χ4n) is 3.24. The lowest BCUT2D eigenvalue weighted by molar-refractivity contribution is -0.0960. The first kappa shape index (κ1) is 25.2. The topological polar surface area (TPSA) is 109 Å². The molecule has 1 saturated heterocycles. The Morgan fingerprint density at radius 2 is 2.16 bits per heavy atom. The van der Waals surface area contributed by atoms with E-state index in [0.29, 0.717) is 43.4 Å². The predicted molar refractivity (Wildman–Crippen MR) is 117 cm³/mol. The number of aryl methyl sites for hydroxylation is 2. The molecule has 0 bridgehead atoms. The third-order valence-corrected chi connectivity index (χ3v) is 6.12. The van der Waals surface area contributed by atoms with Gasteiger partial charge in [0.05, 0.1) is 24.9 Å². The van der Waals surface area contributed by atoms with Crippen molar-refractivity contribution >= 4 is 40.3 Å². The summed E-state index contributed by atoms with van der Waals surface area (Å²) in [6, 6.07) is -0.149. The fourth-order valence-corrected chi connectivity index (χ4v) is 4.42. The third-order valence-electron chi connectivity index (χ3n) is 4.76. The van der Waals surface area contributed by atoms with Crippen LogP contribution in [0.1, 0.15) is 51.9 Å². The molecule has 3 heterocycles. The van der Waals surface area contributed by atoms with Crippen molar-refractivity contribution in [3.8, 4) is 0 Å². The summed E-state index contributed by atoms with van der Waals surface area (Å²) in [7, 11) is 0.958. The minimum Gasteiger partial charge on any atom is -0.375 e. The van der Waals surface area contributed by atoms with Gasteiger partial charge in [-0.05, 0) is 31.2 Å². The van der Waals surface area contributed by atoms with Crippen LogP contribution < -0.4 is 10.2 Å². The Balaban J connectivity index is 0.00000107. The van der Waals surface area contributed by atoms with Gasteiger partial charge in [0.25, 0.3) is 5.91 Å². The number of hydrogen-bond donors (Lipinski definition) is 2. The van der Waals surface area contributed by atoms with Gasteiger partial charge in [0.1, 0.15) is 5.69 Å². The summed E-state index contributed by atoms with van der Waals surface area (Å²) < 4.78 is 15.7. The molecule has 172 valence electrons. The maximum Gasteiger partial charge on any atom is 0.287 e. The summed E-state index contributed by atoms with van der Waals surface area (Å²) in [4.78, 5) is 40.9. The number of piperidine rings is 1. The zero-order valence-corrected chi connectivity index (χ0v) is 19.5. The highest BCUT2D eigenvalue weighted by Gasteiger charge is 2.33. The van der Waals surface area contributed by atoms with Crippen LogP contribution in [0.3, 0.4) is 0 Å². The number of H-pyrrole nitrogens is 1. The molecule has 31 heavy (non-hydrogen) atoms. The van der Waals surface area contributed by atoms with E-state index in [1.807, 2.05) is 20.8 Å². The molecule has 0 aliphatic carbocycles. The molecular formula is C19H27ClFN5O4S. The average Bonchev–Trinajstić information content (AvgIpc) is 3.32. The number of carbonyl (C=O) groups excluding carboxylic acids is 2. The number of ether oxygens (including phenoxy) is 1. The summed E-state index contributed by atoms with van der Waals surface area (Å²) in [5.41, 5.74) is 1.22. The van der Waals surface area contributed by atoms with Gasteiger partial charge in [-0.1, -0.05) is 18.5 Å². The number of imidazole rings is 1. The van der Waals surface area contributed by atoms with E-state index in [2.05, 4.69) is 30.1 Å². The summed E-state index contributed by atoms with van der Waals surface area (Å²) in [5, 5.41) is 4.15. The molecule has 2 aromatic heterocycles. The molecule has 1 aliphatic heterocycles. The molecule has 0 aromatic carbocycles. The lowest BCUT2D eigenvalue weighted by Crippen LogP contribution is -2.55. The second-order valence-corrected chi connectivity index (χ2v) is 8.27. The predicted octanol–water partition coefficient (Wildman–Crippen LogP) is 3.13. The van der Waals surface area contributed by atoms with E-state index in [1.165, 1.54) is 11.3 Å². The molecule has 12 heteroatoms. The Morgan fingerprint density at radius 1 is 1.45 bits per heavy atom. The van der Waals surface area contributed by atoms with Gasteiger partial charge in [-0.2, -0.15) is 4.94 Å². The van der Waals surface area contributed by atoms with Crippen LogP contribution in [0.2, 0.25) is 5.15 Å². The quantitative estimate of drug-likeness (QED) is 0.592. The monoisotopic (exact) mass is 475 g/mol. The number of halogens is 2. The standard InChI is InChI=1S/C18H24ClN5O3S.CH3FO/c1-4-11-15(19)23-16(20-11)17(26)21-12-6-7-24(8-14(12)27-5-2)18-22-13(9-25)10(3)28-18;1-3-2/h9,12,14H,4-8H2,1-3H3,(H,20,23)(H,21,26);1H3/t12-,14+;/m1./s1. The number of thiazole rings is 1. The van der Waals surface area contributed by atoms with Crippen molar-refractivity contribution < 1.29 is 23.8 Å². The molecule has 0 spiro atoms. The van der Waals surface area contributed by atoms with E-state index in [9.17, 15) is 14.1 Å². The van der Waals surface area contributed by atoms with Crippen molar-refractivity contribution in [3.63, 3.8) is 0 Å². The van der Waals surface area contributed by atoms with Gasteiger partial charge >= 0.3 is 0 Å². The minimum atomic E-state index is -0.293. The maximum atomic E-state index is 12.6. The molecule has 2 aromatic rings. The molecule has 2 atom stereocenters. The number of nitrogens with zero attached hydrogens (tertiary/aromatic N) is 3. The first-order valence-corrected chi connectivity index (χ1v) is 11.1. The zero-order chi connectivity index (χ0) is 23.0. The number of hydrogen-bond acceptors (Lipinski definition) is 8. The van der Waals surface area contributed by atoms with Crippen molar-refractivity contribution in [3.05, 3.63) is 27.2 Å². The molecule has 1 fully saturated rings. The first-order chi connectivity index (χ1) is 14.9. The normalized spacial score (nSPS) is 18.3. The van der Waals surface area contributed by atoms with Crippen LogP contribution in [0.15, 0.2) is 0 Å². The smallest absolute Gasteiger partial charge is 0.287 e. The zero-order valence-electron chi connectivity index (χ0n) is 17.9. The molecule has 0 unspecified atom stereocenters. The molecule has 3 rings (SSSR count). The Hall–Kier alpha value is -2.08. The third kappa shape index (κ3) is 6.45. The lowest BCUT2D eigenvalue weighted by atomic mass is 10.0. The molecule has 2 N–H and O–H groups in total. The minimum absolute atomic E-state index is 0.149. The van der Waals surface area contributed by atoms with E-state index < -0.39 is 0 Å². The van der Waals surface area contributed by atoms with E-state index in [4.69, 9.17) is 16.3 Å². The molecular weight excluding hydrogens is 449 g/mol. The summed E-state index contributed by atoms with van der Waals surface area (Å²) in [6.07, 6.45) is 1.96. The number of aldehydes is 1. The molecule has 1 amide bonds. The number of nitrogens with one attached hydrogen (secondary N) is 2. The first-order valence-electron chi connectivity index (χ1n) is 9.87. The van der Waals surface area contributed by atoms with Gasteiger partial charge in [-0.15, -0.1) is 11.3 Å². The van der Waals surface area contributed by atoms with Crippen molar-refractivity contribution in [1.82, 2.24) is 20.3 Å². The fraction of sp³-hybridized carbons (Fsp3) is 0.579. The Kier molecular flexibility index (Phi) is 9.82. The van der Waals surface area contributed by atoms with Crippen molar-refractivity contribution in [1.29, 1.82) is 0 Å². The van der Waals surface area contributed by atoms with Gasteiger partial charge in [0, 0.05) is 24.6 Å². The molecule has 1 aliphatic rings. The average molecular weight is 476 g/mol. The number of anilines is 1. The maximum absolute atomic E-state index is 12.6. The molecule has 0 radical (unpaired) electrons. The van der Waals surface area contributed by atoms with Gasteiger partial charge < -0.3 is 19.9 Å². The Labute approximate surface area is 189 Å². The summed E-state index contributed by atoms with van der Waals surface area (Å²) in [5.74, 6) is -0.0798. The molecule has 0 saturated carbocycles. The number of aromatic amines is 1. The van der Waals surface area contributed by atoms with E-state index in [-0.39, 0.29) is 23.9 Å². The second kappa shape index (κ2) is 12.1. The molecule has 9 nitrogen and oxygen atoms in total. The number of aromatic nitrogens is 3. The van der Waals surface area contributed by atoms with Gasteiger partial charge in [-0.3, -0.25) is 9.59 Å². The van der Waals surface area contributed by atoms with Crippen LogP contribution in [0, 0.1) is 6.92 Å². The van der Waals surface area contributed by atoms with Gasteiger partial charge in [0.2, 0.25) is 0 Å². The van der Waals surface area contributed by atoms with Crippen molar-refractivity contribution in [2.75, 3.05) is 31.7 Å². The van der Waals surface area contributed by atoms with Crippen LogP contribution in [-0.2, 0) is 16.1 Å². The summed E-state index contributed by atoms with van der Waals surface area (Å²) >= 11 is 7.54. The summed E-state index contributed by atoms with van der Waals surface area (Å²) in [6.45, 7) is 7.58. The van der Waals surface area contributed by atoms with Crippen LogP contribution >= 0.6 is 22.9 Å². The lowest BCUT2D eigenvalue weighted by Gasteiger charge is -2.38. The highest BCUT2D eigenvalue weighted by atomic mass is 35.5. The van der Waals surface area contributed by atoms with Crippen molar-refractivity contribution in [2.45, 2.75) is 45.8 Å². The van der Waals surface area contributed by atoms with Crippen LogP contribution in [-0.4, -0.2) is 66.1 Å². The number of amides is 1. The number of carbonyl (C=O) groups is 2. The van der Waals surface area contributed by atoms with Gasteiger partial charge in [0.15, 0.2) is 22.4 Å². The van der Waals surface area contributed by atoms with Crippen LogP contribution in [0.5, 0.6) is 0 Å². The SMILES string of the molecule is CCO[C@H]1CN(c2nc(C=O)c(C)s2)CC[C@H]1NC(=O)c1nc(Cl)c(CC)[nH]1.COF. The van der Waals surface area contributed by atoms with E-state index >= 15 is 0 Å². The Morgan fingerprint density at radius 3 is 2.71 bits per heavy atom.